The predicted molar refractivity (Wildman–Crippen MR) is 83.9 cm³/mol. The fraction of sp³-hybridized carbons (Fsp3) is 0.111. The molecule has 0 fully saturated rings. The van der Waals surface area contributed by atoms with Crippen molar-refractivity contribution in [1.29, 1.82) is 0 Å². The number of carbonyl (C=O) groups is 1. The van der Waals surface area contributed by atoms with Crippen LogP contribution < -0.4 is 5.63 Å². The molecule has 0 aliphatic rings. The third-order valence-corrected chi connectivity index (χ3v) is 3.33. The molecule has 2 aromatic carbocycles. The molecule has 0 aliphatic heterocycles. The molecule has 0 saturated carbocycles. The van der Waals surface area contributed by atoms with Crippen LogP contribution in [0.2, 0.25) is 0 Å². The minimum absolute atomic E-state index is 0.307. The maximum atomic E-state index is 12.2. The lowest BCUT2D eigenvalue weighted by molar-refractivity contribution is 0.0526. The van der Waals surface area contributed by atoms with Crippen LogP contribution in [0.3, 0.4) is 0 Å². The molecule has 4 nitrogen and oxygen atoms in total. The summed E-state index contributed by atoms with van der Waals surface area (Å²) in [5.41, 5.74) is 1.57. The summed E-state index contributed by atoms with van der Waals surface area (Å²) in [6, 6.07) is 15.9. The zero-order valence-corrected chi connectivity index (χ0v) is 12.0. The summed E-state index contributed by atoms with van der Waals surface area (Å²) in [7, 11) is 0. The SMILES string of the molecule is CCOC(=O)c1cccc(-c2cc3ccccc3oc2=O)c1. The molecule has 110 valence electrons. The highest BCUT2D eigenvalue weighted by Crippen LogP contribution is 2.22. The van der Waals surface area contributed by atoms with Crippen molar-refractivity contribution < 1.29 is 13.9 Å². The Morgan fingerprint density at radius 3 is 2.73 bits per heavy atom. The van der Waals surface area contributed by atoms with Gasteiger partial charge in [-0.15, -0.1) is 0 Å². The Labute approximate surface area is 127 Å². The maximum absolute atomic E-state index is 12.2. The van der Waals surface area contributed by atoms with E-state index in [9.17, 15) is 9.59 Å². The van der Waals surface area contributed by atoms with Gasteiger partial charge in [-0.2, -0.15) is 0 Å². The van der Waals surface area contributed by atoms with Gasteiger partial charge in [0.2, 0.25) is 0 Å². The summed E-state index contributed by atoms with van der Waals surface area (Å²) in [6.45, 7) is 2.06. The fourth-order valence-electron chi connectivity index (χ4n) is 2.29. The van der Waals surface area contributed by atoms with Gasteiger partial charge in [-0.3, -0.25) is 0 Å². The summed E-state index contributed by atoms with van der Waals surface area (Å²) < 4.78 is 10.3. The van der Waals surface area contributed by atoms with Gasteiger partial charge in [-0.25, -0.2) is 9.59 Å². The molecule has 3 rings (SSSR count). The zero-order valence-electron chi connectivity index (χ0n) is 12.0. The van der Waals surface area contributed by atoms with E-state index in [2.05, 4.69) is 0 Å². The molecule has 22 heavy (non-hydrogen) atoms. The largest absolute Gasteiger partial charge is 0.462 e. The fourth-order valence-corrected chi connectivity index (χ4v) is 2.29. The third-order valence-electron chi connectivity index (χ3n) is 3.33. The number of carbonyl (C=O) groups excluding carboxylic acids is 1. The van der Waals surface area contributed by atoms with Crippen LogP contribution in [0.1, 0.15) is 17.3 Å². The van der Waals surface area contributed by atoms with Gasteiger partial charge >= 0.3 is 11.6 Å². The molecule has 0 radical (unpaired) electrons. The second kappa shape index (κ2) is 5.85. The Hall–Kier alpha value is -2.88. The molecule has 0 N–H and O–H groups in total. The lowest BCUT2D eigenvalue weighted by Gasteiger charge is -2.05. The van der Waals surface area contributed by atoms with Crippen molar-refractivity contribution in [2.45, 2.75) is 6.92 Å². The standard InChI is InChI=1S/C18H14O4/c1-2-21-17(19)14-8-5-7-12(10-14)15-11-13-6-3-4-9-16(13)22-18(15)20/h3-11H,2H2,1H3. The monoisotopic (exact) mass is 294 g/mol. The van der Waals surface area contributed by atoms with Crippen molar-refractivity contribution in [3.63, 3.8) is 0 Å². The summed E-state index contributed by atoms with van der Waals surface area (Å²) in [5.74, 6) is -0.408. The van der Waals surface area contributed by atoms with Crippen LogP contribution >= 0.6 is 0 Å². The van der Waals surface area contributed by atoms with Crippen molar-refractivity contribution in [3.05, 3.63) is 70.6 Å². The minimum Gasteiger partial charge on any atom is -0.462 e. The summed E-state index contributed by atoms with van der Waals surface area (Å²) in [5, 5.41) is 0.832. The van der Waals surface area contributed by atoms with Crippen molar-refractivity contribution in [2.24, 2.45) is 0 Å². The molecule has 1 heterocycles. The molecular formula is C18H14O4. The molecule has 4 heteroatoms. The maximum Gasteiger partial charge on any atom is 0.344 e. The smallest absolute Gasteiger partial charge is 0.344 e. The minimum atomic E-state index is -0.431. The van der Waals surface area contributed by atoms with Crippen LogP contribution in [0.15, 0.2) is 63.8 Å². The Morgan fingerprint density at radius 1 is 1.09 bits per heavy atom. The van der Waals surface area contributed by atoms with E-state index >= 15 is 0 Å². The summed E-state index contributed by atoms with van der Waals surface area (Å²) >= 11 is 0. The van der Waals surface area contributed by atoms with Crippen LogP contribution in [0.25, 0.3) is 22.1 Å². The first kappa shape index (κ1) is 14.1. The van der Waals surface area contributed by atoms with Gasteiger partial charge in [-0.1, -0.05) is 30.3 Å². The first-order chi connectivity index (χ1) is 10.7. The highest BCUT2D eigenvalue weighted by molar-refractivity contribution is 5.91. The lowest BCUT2D eigenvalue weighted by Crippen LogP contribution is -2.06. The van der Waals surface area contributed by atoms with Crippen LogP contribution in [0, 0.1) is 0 Å². The van der Waals surface area contributed by atoms with E-state index in [1.54, 1.807) is 43.3 Å². The van der Waals surface area contributed by atoms with Gasteiger partial charge in [-0.05, 0) is 36.8 Å². The van der Waals surface area contributed by atoms with Gasteiger partial charge in [0.05, 0.1) is 17.7 Å². The Balaban J connectivity index is 2.11. The third kappa shape index (κ3) is 2.63. The number of fused-ring (bicyclic) bond motifs is 1. The van der Waals surface area contributed by atoms with Gasteiger partial charge in [0, 0.05) is 5.39 Å². The van der Waals surface area contributed by atoms with Gasteiger partial charge in [0.1, 0.15) is 5.58 Å². The first-order valence-corrected chi connectivity index (χ1v) is 6.99. The summed E-state index contributed by atoms with van der Waals surface area (Å²) in [4.78, 5) is 24.0. The molecule has 0 aliphatic carbocycles. The van der Waals surface area contributed by atoms with Crippen LogP contribution in [-0.2, 0) is 4.74 Å². The van der Waals surface area contributed by atoms with E-state index in [1.165, 1.54) is 0 Å². The van der Waals surface area contributed by atoms with E-state index in [0.717, 1.165) is 5.39 Å². The van der Waals surface area contributed by atoms with Crippen LogP contribution in [0.4, 0.5) is 0 Å². The Kier molecular flexibility index (Phi) is 3.74. The number of ether oxygens (including phenoxy) is 1. The van der Waals surface area contributed by atoms with E-state index in [-0.39, 0.29) is 0 Å². The number of rotatable bonds is 3. The second-order valence-corrected chi connectivity index (χ2v) is 4.79. The van der Waals surface area contributed by atoms with E-state index in [4.69, 9.17) is 9.15 Å². The highest BCUT2D eigenvalue weighted by atomic mass is 16.5. The molecule has 0 spiro atoms. The van der Waals surface area contributed by atoms with E-state index in [1.807, 2.05) is 18.2 Å². The van der Waals surface area contributed by atoms with Gasteiger partial charge < -0.3 is 9.15 Å². The number of hydrogen-bond acceptors (Lipinski definition) is 4. The number of hydrogen-bond donors (Lipinski definition) is 0. The van der Waals surface area contributed by atoms with Crippen LogP contribution in [0.5, 0.6) is 0 Å². The molecule has 1 aromatic heterocycles. The first-order valence-electron chi connectivity index (χ1n) is 6.99. The Bertz CT molecular complexity index is 893. The number of esters is 1. The molecular weight excluding hydrogens is 280 g/mol. The molecule has 0 saturated heterocycles. The van der Waals surface area contributed by atoms with Crippen LogP contribution in [-0.4, -0.2) is 12.6 Å². The predicted octanol–water partition coefficient (Wildman–Crippen LogP) is 3.64. The highest BCUT2D eigenvalue weighted by Gasteiger charge is 2.11. The van der Waals surface area contributed by atoms with Crippen molar-refractivity contribution in [2.75, 3.05) is 6.61 Å². The zero-order chi connectivity index (χ0) is 15.5. The van der Waals surface area contributed by atoms with Crippen molar-refractivity contribution in [1.82, 2.24) is 0 Å². The molecule has 0 atom stereocenters. The summed E-state index contributed by atoms with van der Waals surface area (Å²) in [6.07, 6.45) is 0. The molecule has 0 unspecified atom stereocenters. The average molecular weight is 294 g/mol. The molecule has 3 aromatic rings. The molecule has 0 amide bonds. The normalized spacial score (nSPS) is 10.6. The quantitative estimate of drug-likeness (QED) is 0.546. The van der Waals surface area contributed by atoms with E-state index in [0.29, 0.717) is 28.9 Å². The molecule has 0 bridgehead atoms. The van der Waals surface area contributed by atoms with Gasteiger partial charge in [0.15, 0.2) is 0 Å². The van der Waals surface area contributed by atoms with Gasteiger partial charge in [0.25, 0.3) is 0 Å². The average Bonchev–Trinajstić information content (AvgIpc) is 2.54. The topological polar surface area (TPSA) is 56.5 Å². The van der Waals surface area contributed by atoms with E-state index < -0.39 is 11.6 Å². The van der Waals surface area contributed by atoms with Crippen molar-refractivity contribution >= 4 is 16.9 Å². The number of para-hydroxylation sites is 1. The lowest BCUT2D eigenvalue weighted by atomic mass is 10.0. The second-order valence-electron chi connectivity index (χ2n) is 4.79. The Morgan fingerprint density at radius 2 is 1.91 bits per heavy atom. The van der Waals surface area contributed by atoms with Crippen molar-refractivity contribution in [3.8, 4) is 11.1 Å². The number of benzene rings is 2.